The fraction of sp³-hybridized carbons (Fsp3) is 0.200. The first-order valence-corrected chi connectivity index (χ1v) is 8.32. The summed E-state index contributed by atoms with van der Waals surface area (Å²) >= 11 is 5.90. The van der Waals surface area contributed by atoms with Crippen LogP contribution in [0.4, 0.5) is 11.4 Å². The highest BCUT2D eigenvalue weighted by molar-refractivity contribution is 7.93. The number of nitrogens with zero attached hydrogens (tertiary/aromatic N) is 1. The maximum Gasteiger partial charge on any atom is 0.266 e. The van der Waals surface area contributed by atoms with Crippen LogP contribution >= 0.6 is 11.6 Å². The van der Waals surface area contributed by atoms with Gasteiger partial charge in [-0.25, -0.2) is 8.42 Å². The second-order valence-corrected chi connectivity index (χ2v) is 6.95. The number of hydrogen-bond donors (Lipinski definition) is 1. The van der Waals surface area contributed by atoms with Gasteiger partial charge in [0.1, 0.15) is 4.90 Å². The minimum atomic E-state index is -3.75. The highest BCUT2D eigenvalue weighted by Gasteiger charge is 2.26. The lowest BCUT2D eigenvalue weighted by atomic mass is 10.2. The fourth-order valence-corrected chi connectivity index (χ4v) is 3.91. The third-order valence-electron chi connectivity index (χ3n) is 3.15. The van der Waals surface area contributed by atoms with Crippen LogP contribution in [-0.2, 0) is 10.0 Å². The van der Waals surface area contributed by atoms with Gasteiger partial charge in [-0.1, -0.05) is 29.3 Å². The molecule has 0 atom stereocenters. The van der Waals surface area contributed by atoms with E-state index in [9.17, 15) is 8.42 Å². The first-order chi connectivity index (χ1) is 9.86. The van der Waals surface area contributed by atoms with Gasteiger partial charge in [0.15, 0.2) is 0 Å². The fourth-order valence-electron chi connectivity index (χ4n) is 2.05. The van der Waals surface area contributed by atoms with Gasteiger partial charge in [0.2, 0.25) is 0 Å². The number of benzene rings is 2. The summed E-state index contributed by atoms with van der Waals surface area (Å²) in [5.41, 5.74) is 7.65. The van der Waals surface area contributed by atoms with Crippen LogP contribution in [-0.4, -0.2) is 15.0 Å². The first kappa shape index (κ1) is 15.7. The lowest BCUT2D eigenvalue weighted by molar-refractivity contribution is 0.592. The maximum atomic E-state index is 12.8. The van der Waals surface area contributed by atoms with Crippen LogP contribution in [0.25, 0.3) is 0 Å². The number of nitrogens with two attached hydrogens (primary N) is 1. The number of anilines is 2. The van der Waals surface area contributed by atoms with Crippen molar-refractivity contribution in [3.05, 3.63) is 53.1 Å². The van der Waals surface area contributed by atoms with Crippen molar-refractivity contribution in [2.24, 2.45) is 0 Å². The molecule has 0 spiro atoms. The Balaban J connectivity index is 2.54. The Morgan fingerprint density at radius 2 is 1.76 bits per heavy atom. The molecule has 112 valence electrons. The third-order valence-corrected chi connectivity index (χ3v) is 5.35. The SMILES string of the molecule is CCN(c1ccc(C)cc1)S(=O)(=O)c1cc(Cl)ccc1N. The van der Waals surface area contributed by atoms with E-state index in [1.807, 2.05) is 19.1 Å². The summed E-state index contributed by atoms with van der Waals surface area (Å²) in [6, 6.07) is 11.7. The topological polar surface area (TPSA) is 63.4 Å². The Morgan fingerprint density at radius 1 is 1.14 bits per heavy atom. The molecule has 0 amide bonds. The Morgan fingerprint density at radius 3 is 2.33 bits per heavy atom. The minimum Gasteiger partial charge on any atom is -0.398 e. The predicted octanol–water partition coefficient (Wildman–Crippen LogP) is 3.45. The Labute approximate surface area is 130 Å². The second kappa shape index (κ2) is 5.95. The average molecular weight is 325 g/mol. The van der Waals surface area contributed by atoms with E-state index in [0.717, 1.165) is 5.56 Å². The molecule has 0 aromatic heterocycles. The molecule has 0 radical (unpaired) electrons. The van der Waals surface area contributed by atoms with Gasteiger partial charge in [-0.05, 0) is 44.2 Å². The molecule has 0 heterocycles. The summed E-state index contributed by atoms with van der Waals surface area (Å²) in [6.07, 6.45) is 0. The summed E-state index contributed by atoms with van der Waals surface area (Å²) in [7, 11) is -3.75. The van der Waals surface area contributed by atoms with Crippen LogP contribution in [0, 0.1) is 6.92 Å². The molecule has 2 rings (SSSR count). The Hall–Kier alpha value is -1.72. The molecule has 0 aliphatic rings. The van der Waals surface area contributed by atoms with E-state index in [1.54, 1.807) is 25.1 Å². The zero-order chi connectivity index (χ0) is 15.6. The van der Waals surface area contributed by atoms with Gasteiger partial charge in [-0.3, -0.25) is 4.31 Å². The summed E-state index contributed by atoms with van der Waals surface area (Å²) in [5, 5.41) is 0.336. The molecule has 4 nitrogen and oxygen atoms in total. The van der Waals surface area contributed by atoms with Gasteiger partial charge in [0.25, 0.3) is 10.0 Å². The van der Waals surface area contributed by atoms with Gasteiger partial charge < -0.3 is 5.73 Å². The number of aryl methyl sites for hydroxylation is 1. The van der Waals surface area contributed by atoms with E-state index in [2.05, 4.69) is 0 Å². The van der Waals surface area contributed by atoms with Gasteiger partial charge in [0, 0.05) is 11.6 Å². The lowest BCUT2D eigenvalue weighted by Gasteiger charge is -2.24. The standard InChI is InChI=1S/C15H17ClN2O2S/c1-3-18(13-7-4-11(2)5-8-13)21(19,20)15-10-12(16)6-9-14(15)17/h4-10H,3,17H2,1-2H3. The van der Waals surface area contributed by atoms with Crippen molar-refractivity contribution >= 4 is 33.0 Å². The Bertz CT molecular complexity index is 743. The zero-order valence-electron chi connectivity index (χ0n) is 11.9. The first-order valence-electron chi connectivity index (χ1n) is 6.50. The normalized spacial score (nSPS) is 11.4. The van der Waals surface area contributed by atoms with Crippen molar-refractivity contribution in [1.82, 2.24) is 0 Å². The molecular formula is C15H17ClN2O2S. The predicted molar refractivity (Wildman–Crippen MR) is 87.2 cm³/mol. The molecule has 0 fully saturated rings. The van der Waals surface area contributed by atoms with Gasteiger partial charge >= 0.3 is 0 Å². The summed E-state index contributed by atoms with van der Waals surface area (Å²) in [5.74, 6) is 0. The molecule has 0 saturated heterocycles. The van der Waals surface area contributed by atoms with Crippen LogP contribution in [0.2, 0.25) is 5.02 Å². The second-order valence-electron chi connectivity index (χ2n) is 4.69. The van der Waals surface area contributed by atoms with E-state index in [-0.39, 0.29) is 10.6 Å². The molecule has 6 heteroatoms. The van der Waals surface area contributed by atoms with Crippen LogP contribution < -0.4 is 10.0 Å². The molecule has 0 saturated carbocycles. The molecule has 2 aromatic carbocycles. The maximum absolute atomic E-state index is 12.8. The molecule has 2 aromatic rings. The van der Waals surface area contributed by atoms with E-state index >= 15 is 0 Å². The minimum absolute atomic E-state index is 0.0254. The molecule has 2 N–H and O–H groups in total. The van der Waals surface area contributed by atoms with Crippen LogP contribution in [0.5, 0.6) is 0 Å². The monoisotopic (exact) mass is 324 g/mol. The summed E-state index contributed by atoms with van der Waals surface area (Å²) in [6.45, 7) is 4.03. The van der Waals surface area contributed by atoms with Crippen LogP contribution in [0.15, 0.2) is 47.4 Å². The van der Waals surface area contributed by atoms with Crippen molar-refractivity contribution in [2.45, 2.75) is 18.7 Å². The number of hydrogen-bond acceptors (Lipinski definition) is 3. The Kier molecular flexibility index (Phi) is 4.44. The quantitative estimate of drug-likeness (QED) is 0.876. The summed E-state index contributed by atoms with van der Waals surface area (Å²) in [4.78, 5) is 0.0254. The van der Waals surface area contributed by atoms with Gasteiger partial charge in [-0.15, -0.1) is 0 Å². The average Bonchev–Trinajstić information content (AvgIpc) is 2.44. The largest absolute Gasteiger partial charge is 0.398 e. The van der Waals surface area contributed by atoms with E-state index in [0.29, 0.717) is 17.3 Å². The van der Waals surface area contributed by atoms with E-state index in [1.165, 1.54) is 16.4 Å². The molecule has 0 unspecified atom stereocenters. The zero-order valence-corrected chi connectivity index (χ0v) is 13.4. The van der Waals surface area contributed by atoms with Crippen molar-refractivity contribution in [3.63, 3.8) is 0 Å². The highest BCUT2D eigenvalue weighted by atomic mass is 35.5. The number of rotatable bonds is 4. The van der Waals surface area contributed by atoms with E-state index < -0.39 is 10.0 Å². The van der Waals surface area contributed by atoms with Crippen molar-refractivity contribution in [2.75, 3.05) is 16.6 Å². The van der Waals surface area contributed by atoms with Gasteiger partial charge in [-0.2, -0.15) is 0 Å². The number of nitrogen functional groups attached to an aromatic ring is 1. The highest BCUT2D eigenvalue weighted by Crippen LogP contribution is 2.29. The molecule has 0 bridgehead atoms. The summed E-state index contributed by atoms with van der Waals surface area (Å²) < 4.78 is 26.9. The molecule has 21 heavy (non-hydrogen) atoms. The van der Waals surface area contributed by atoms with Crippen molar-refractivity contribution in [3.8, 4) is 0 Å². The number of halogens is 1. The van der Waals surface area contributed by atoms with Crippen LogP contribution in [0.3, 0.4) is 0 Å². The molecular weight excluding hydrogens is 308 g/mol. The molecule has 0 aliphatic heterocycles. The van der Waals surface area contributed by atoms with Crippen LogP contribution in [0.1, 0.15) is 12.5 Å². The lowest BCUT2D eigenvalue weighted by Crippen LogP contribution is -2.31. The van der Waals surface area contributed by atoms with Crippen molar-refractivity contribution < 1.29 is 8.42 Å². The number of sulfonamides is 1. The molecule has 0 aliphatic carbocycles. The van der Waals surface area contributed by atoms with E-state index in [4.69, 9.17) is 17.3 Å². The smallest absolute Gasteiger partial charge is 0.266 e. The third kappa shape index (κ3) is 3.14. The van der Waals surface area contributed by atoms with Crippen molar-refractivity contribution in [1.29, 1.82) is 0 Å². The van der Waals surface area contributed by atoms with Gasteiger partial charge in [0.05, 0.1) is 11.4 Å².